The van der Waals surface area contributed by atoms with Crippen LogP contribution in [0.2, 0.25) is 0 Å². The van der Waals surface area contributed by atoms with E-state index in [-0.39, 0.29) is 12.8 Å². The highest BCUT2D eigenvalue weighted by Crippen LogP contribution is 2.29. The molecule has 0 heterocycles. The van der Waals surface area contributed by atoms with Crippen molar-refractivity contribution in [2.24, 2.45) is 0 Å². The molecule has 104 valence electrons. The normalized spacial score (nSPS) is 10.4. The third-order valence-electron chi connectivity index (χ3n) is 2.17. The number of rotatable bonds is 5. The minimum Gasteiger partial charge on any atom is -0.420 e. The Morgan fingerprint density at radius 3 is 1.95 bits per heavy atom. The molecule has 0 spiro atoms. The molecule has 1 aromatic carbocycles. The van der Waals surface area contributed by atoms with Crippen LogP contribution in [0.15, 0.2) is 12.7 Å². The van der Waals surface area contributed by atoms with E-state index < -0.39 is 40.8 Å². The first kappa shape index (κ1) is 15.1. The molecule has 0 atom stereocenters. The Morgan fingerprint density at radius 2 is 1.47 bits per heavy atom. The highest BCUT2D eigenvalue weighted by Gasteiger charge is 2.28. The zero-order valence-electron chi connectivity index (χ0n) is 9.61. The number of carbonyl (C=O) groups excluding carboxylic acids is 1. The van der Waals surface area contributed by atoms with Gasteiger partial charge in [-0.25, -0.2) is 13.2 Å². The molecule has 0 bridgehead atoms. The lowest BCUT2D eigenvalue weighted by Crippen LogP contribution is -2.13. The van der Waals surface area contributed by atoms with Crippen LogP contribution >= 0.6 is 0 Å². The second kappa shape index (κ2) is 6.31. The Hall–Kier alpha value is -1.92. The van der Waals surface area contributed by atoms with E-state index in [0.29, 0.717) is 6.42 Å². The quantitative estimate of drug-likeness (QED) is 0.156. The lowest BCUT2D eigenvalue weighted by Gasteiger charge is -2.08. The van der Waals surface area contributed by atoms with Gasteiger partial charge in [0.1, 0.15) is 0 Å². The average molecular weight is 280 g/mol. The van der Waals surface area contributed by atoms with Gasteiger partial charge in [-0.1, -0.05) is 6.08 Å². The van der Waals surface area contributed by atoms with Gasteiger partial charge in [0.05, 0.1) is 0 Å². The lowest BCUT2D eigenvalue weighted by atomic mass is 10.2. The number of unbranched alkanes of at least 4 members (excludes halogenated alkanes) is 1. The van der Waals surface area contributed by atoms with Crippen molar-refractivity contribution in [1.29, 1.82) is 0 Å². The fourth-order valence-corrected chi connectivity index (χ4v) is 1.23. The minimum atomic E-state index is -2.30. The van der Waals surface area contributed by atoms with Gasteiger partial charge in [0.25, 0.3) is 0 Å². The van der Waals surface area contributed by atoms with Gasteiger partial charge in [0.2, 0.25) is 34.8 Å². The van der Waals surface area contributed by atoms with E-state index in [1.54, 1.807) is 0 Å². The lowest BCUT2D eigenvalue weighted by molar-refractivity contribution is -0.134. The van der Waals surface area contributed by atoms with Crippen LogP contribution in [0, 0.1) is 29.1 Å². The summed E-state index contributed by atoms with van der Waals surface area (Å²) in [6.07, 6.45) is 2.02. The summed E-state index contributed by atoms with van der Waals surface area (Å²) in [4.78, 5) is 11.2. The van der Waals surface area contributed by atoms with E-state index in [9.17, 15) is 26.7 Å². The summed E-state index contributed by atoms with van der Waals surface area (Å²) in [5.41, 5.74) is 0. The summed E-state index contributed by atoms with van der Waals surface area (Å²) in [5.74, 6) is -13.6. The Balaban J connectivity index is 2.95. The molecule has 0 amide bonds. The maximum Gasteiger partial charge on any atom is 0.311 e. The first-order chi connectivity index (χ1) is 8.90. The molecule has 0 saturated heterocycles. The standard InChI is InChI=1S/C12H9F5O2/c1-2-3-4-5-6(18)19-12-10(16)8(14)7(13)9(15)11(12)17/h2H,1,3-5H2. The molecule has 0 aliphatic heterocycles. The van der Waals surface area contributed by atoms with Crippen LogP contribution in [0.3, 0.4) is 0 Å². The van der Waals surface area contributed by atoms with Crippen molar-refractivity contribution < 1.29 is 31.5 Å². The zero-order chi connectivity index (χ0) is 14.6. The molecule has 19 heavy (non-hydrogen) atoms. The molecule has 0 radical (unpaired) electrons. The summed E-state index contributed by atoms with van der Waals surface area (Å²) in [6.45, 7) is 3.39. The number of ether oxygens (including phenoxy) is 1. The Morgan fingerprint density at radius 1 is 1.00 bits per heavy atom. The molecule has 0 aliphatic rings. The van der Waals surface area contributed by atoms with Crippen LogP contribution in [0.1, 0.15) is 19.3 Å². The van der Waals surface area contributed by atoms with Gasteiger partial charge in [0.15, 0.2) is 0 Å². The fraction of sp³-hybridized carbons (Fsp3) is 0.250. The Labute approximate surface area is 105 Å². The number of carbonyl (C=O) groups is 1. The van der Waals surface area contributed by atoms with Crippen LogP contribution in [0.5, 0.6) is 5.75 Å². The predicted molar refractivity (Wildman–Crippen MR) is 55.9 cm³/mol. The molecule has 1 aromatic rings. The van der Waals surface area contributed by atoms with E-state index in [4.69, 9.17) is 0 Å². The summed E-state index contributed by atoms with van der Waals surface area (Å²) in [6, 6.07) is 0. The number of benzene rings is 1. The molecule has 0 unspecified atom stereocenters. The summed E-state index contributed by atoms with van der Waals surface area (Å²) < 4.78 is 68.7. The van der Waals surface area contributed by atoms with Crippen molar-refractivity contribution >= 4 is 5.97 Å². The Bertz CT molecular complexity index is 484. The van der Waals surface area contributed by atoms with E-state index in [0.717, 1.165) is 0 Å². The predicted octanol–water partition coefficient (Wildman–Crippen LogP) is 3.64. The first-order valence-corrected chi connectivity index (χ1v) is 5.23. The smallest absolute Gasteiger partial charge is 0.311 e. The largest absolute Gasteiger partial charge is 0.420 e. The van der Waals surface area contributed by atoms with Crippen molar-refractivity contribution in [3.8, 4) is 5.75 Å². The van der Waals surface area contributed by atoms with Gasteiger partial charge in [0, 0.05) is 6.42 Å². The molecule has 0 fully saturated rings. The van der Waals surface area contributed by atoms with E-state index >= 15 is 0 Å². The van der Waals surface area contributed by atoms with Crippen molar-refractivity contribution in [2.45, 2.75) is 19.3 Å². The molecule has 0 aromatic heterocycles. The van der Waals surface area contributed by atoms with Gasteiger partial charge in [-0.15, -0.1) is 6.58 Å². The van der Waals surface area contributed by atoms with Crippen molar-refractivity contribution in [2.75, 3.05) is 0 Å². The maximum atomic E-state index is 13.1. The second-order valence-electron chi connectivity index (χ2n) is 3.55. The van der Waals surface area contributed by atoms with Crippen LogP contribution in [0.4, 0.5) is 22.0 Å². The first-order valence-electron chi connectivity index (χ1n) is 5.23. The second-order valence-corrected chi connectivity index (χ2v) is 3.55. The van der Waals surface area contributed by atoms with Crippen LogP contribution < -0.4 is 4.74 Å². The zero-order valence-corrected chi connectivity index (χ0v) is 9.61. The van der Waals surface area contributed by atoms with Gasteiger partial charge in [-0.05, 0) is 12.8 Å². The molecule has 0 N–H and O–H groups in total. The number of halogens is 5. The van der Waals surface area contributed by atoms with Crippen molar-refractivity contribution in [3.05, 3.63) is 41.7 Å². The van der Waals surface area contributed by atoms with Gasteiger partial charge < -0.3 is 4.74 Å². The molecule has 0 saturated carbocycles. The summed E-state index contributed by atoms with van der Waals surface area (Å²) in [7, 11) is 0. The van der Waals surface area contributed by atoms with Crippen LogP contribution in [-0.2, 0) is 4.79 Å². The molecule has 0 aliphatic carbocycles. The van der Waals surface area contributed by atoms with Crippen LogP contribution in [0.25, 0.3) is 0 Å². The summed E-state index contributed by atoms with van der Waals surface area (Å²) in [5, 5.41) is 0. The molecule has 2 nitrogen and oxygen atoms in total. The summed E-state index contributed by atoms with van der Waals surface area (Å²) >= 11 is 0. The number of hydrogen-bond donors (Lipinski definition) is 0. The minimum absolute atomic E-state index is 0.231. The number of allylic oxidation sites excluding steroid dienone is 1. The van der Waals surface area contributed by atoms with Crippen molar-refractivity contribution in [1.82, 2.24) is 0 Å². The molecular weight excluding hydrogens is 271 g/mol. The van der Waals surface area contributed by atoms with E-state index in [1.165, 1.54) is 6.08 Å². The topological polar surface area (TPSA) is 26.3 Å². The SMILES string of the molecule is C=CCCCC(=O)Oc1c(F)c(F)c(F)c(F)c1F. The highest BCUT2D eigenvalue weighted by atomic mass is 19.2. The van der Waals surface area contributed by atoms with Crippen molar-refractivity contribution in [3.63, 3.8) is 0 Å². The molecule has 1 rings (SSSR count). The monoisotopic (exact) mass is 280 g/mol. The van der Waals surface area contributed by atoms with E-state index in [1.807, 2.05) is 0 Å². The van der Waals surface area contributed by atoms with Gasteiger partial charge in [-0.3, -0.25) is 4.79 Å². The fourth-order valence-electron chi connectivity index (χ4n) is 1.23. The molecular formula is C12H9F5O2. The maximum absolute atomic E-state index is 13.1. The number of esters is 1. The number of hydrogen-bond acceptors (Lipinski definition) is 2. The average Bonchev–Trinajstić information content (AvgIpc) is 2.39. The third kappa shape index (κ3) is 3.30. The van der Waals surface area contributed by atoms with Gasteiger partial charge >= 0.3 is 5.97 Å². The highest BCUT2D eigenvalue weighted by molar-refractivity contribution is 5.72. The Kier molecular flexibility index (Phi) is 5.02. The van der Waals surface area contributed by atoms with Gasteiger partial charge in [-0.2, -0.15) is 8.78 Å². The van der Waals surface area contributed by atoms with E-state index in [2.05, 4.69) is 11.3 Å². The third-order valence-corrected chi connectivity index (χ3v) is 2.17. The molecule has 7 heteroatoms. The van der Waals surface area contributed by atoms with Crippen LogP contribution in [-0.4, -0.2) is 5.97 Å².